The molecule has 0 aromatic carbocycles. The monoisotopic (exact) mass is 303 g/mol. The standard InChI is InChI=1S/C13H18ClNO3S/c1-3-6-15(9-11-4-5-12(14)19-11)13(16)10-18-8-7-17-2/h3-5H,1,6-10H2,2H3. The van der Waals surface area contributed by atoms with E-state index >= 15 is 0 Å². The van der Waals surface area contributed by atoms with Gasteiger partial charge in [-0.1, -0.05) is 17.7 Å². The van der Waals surface area contributed by atoms with Crippen molar-refractivity contribution in [1.82, 2.24) is 4.90 Å². The van der Waals surface area contributed by atoms with Crippen molar-refractivity contribution in [1.29, 1.82) is 0 Å². The normalized spacial score (nSPS) is 10.4. The van der Waals surface area contributed by atoms with Gasteiger partial charge in [-0.2, -0.15) is 0 Å². The van der Waals surface area contributed by atoms with Crippen molar-refractivity contribution in [3.8, 4) is 0 Å². The van der Waals surface area contributed by atoms with Crippen molar-refractivity contribution in [2.45, 2.75) is 6.54 Å². The summed E-state index contributed by atoms with van der Waals surface area (Å²) < 4.78 is 10.8. The molecule has 0 fully saturated rings. The Balaban J connectivity index is 2.46. The van der Waals surface area contributed by atoms with E-state index in [1.165, 1.54) is 11.3 Å². The van der Waals surface area contributed by atoms with Gasteiger partial charge in [-0.25, -0.2) is 0 Å². The molecule has 0 unspecified atom stereocenters. The van der Waals surface area contributed by atoms with E-state index in [4.69, 9.17) is 21.1 Å². The molecule has 0 spiro atoms. The molecule has 6 heteroatoms. The summed E-state index contributed by atoms with van der Waals surface area (Å²) in [7, 11) is 1.59. The van der Waals surface area contributed by atoms with Gasteiger partial charge in [-0.3, -0.25) is 4.79 Å². The number of methoxy groups -OCH3 is 1. The molecule has 1 aromatic rings. The summed E-state index contributed by atoms with van der Waals surface area (Å²) in [5.74, 6) is -0.0690. The van der Waals surface area contributed by atoms with Crippen LogP contribution in [0.2, 0.25) is 4.34 Å². The number of hydrogen-bond acceptors (Lipinski definition) is 4. The summed E-state index contributed by atoms with van der Waals surface area (Å²) in [6.45, 7) is 5.62. The predicted molar refractivity (Wildman–Crippen MR) is 77.6 cm³/mol. The third-order valence-electron chi connectivity index (χ3n) is 2.34. The Morgan fingerprint density at radius 3 is 2.89 bits per heavy atom. The molecule has 0 radical (unpaired) electrons. The summed E-state index contributed by atoms with van der Waals surface area (Å²) >= 11 is 7.34. The van der Waals surface area contributed by atoms with Gasteiger partial charge < -0.3 is 14.4 Å². The topological polar surface area (TPSA) is 38.8 Å². The number of thiophene rings is 1. The molecule has 19 heavy (non-hydrogen) atoms. The van der Waals surface area contributed by atoms with Crippen molar-refractivity contribution < 1.29 is 14.3 Å². The molecule has 0 aliphatic carbocycles. The first-order valence-electron chi connectivity index (χ1n) is 5.87. The van der Waals surface area contributed by atoms with E-state index in [1.807, 2.05) is 12.1 Å². The van der Waals surface area contributed by atoms with E-state index in [1.54, 1.807) is 18.1 Å². The maximum atomic E-state index is 12.0. The second-order valence-electron chi connectivity index (χ2n) is 3.81. The van der Waals surface area contributed by atoms with Gasteiger partial charge in [0.2, 0.25) is 5.91 Å². The Bertz CT molecular complexity index is 408. The maximum absolute atomic E-state index is 12.0. The van der Waals surface area contributed by atoms with Crippen LogP contribution in [0.3, 0.4) is 0 Å². The van der Waals surface area contributed by atoms with Gasteiger partial charge in [0.25, 0.3) is 0 Å². The Labute approximate surface area is 122 Å². The van der Waals surface area contributed by atoms with E-state index in [0.29, 0.717) is 26.3 Å². The third-order valence-corrected chi connectivity index (χ3v) is 3.55. The van der Waals surface area contributed by atoms with Crippen molar-refractivity contribution in [2.75, 3.05) is 33.5 Å². The highest BCUT2D eigenvalue weighted by atomic mass is 35.5. The molecule has 0 saturated carbocycles. The van der Waals surface area contributed by atoms with Crippen molar-refractivity contribution in [3.05, 3.63) is 34.0 Å². The molecule has 1 heterocycles. The molecule has 0 bridgehead atoms. The second-order valence-corrected chi connectivity index (χ2v) is 5.61. The highest BCUT2D eigenvalue weighted by Crippen LogP contribution is 2.22. The summed E-state index contributed by atoms with van der Waals surface area (Å²) in [6.07, 6.45) is 1.70. The number of ether oxygens (including phenoxy) is 2. The first-order valence-corrected chi connectivity index (χ1v) is 7.06. The Morgan fingerprint density at radius 1 is 1.53 bits per heavy atom. The van der Waals surface area contributed by atoms with Crippen molar-refractivity contribution in [3.63, 3.8) is 0 Å². The van der Waals surface area contributed by atoms with Gasteiger partial charge in [-0.15, -0.1) is 17.9 Å². The van der Waals surface area contributed by atoms with Crippen LogP contribution in [-0.4, -0.2) is 44.3 Å². The van der Waals surface area contributed by atoms with Gasteiger partial charge in [-0.05, 0) is 12.1 Å². The molecular formula is C13H18ClNO3S. The minimum absolute atomic E-state index is 0.0519. The van der Waals surface area contributed by atoms with Crippen LogP contribution >= 0.6 is 22.9 Å². The van der Waals surface area contributed by atoms with E-state index < -0.39 is 0 Å². The fourth-order valence-electron chi connectivity index (χ4n) is 1.43. The number of hydrogen-bond donors (Lipinski definition) is 0. The average Bonchev–Trinajstić information content (AvgIpc) is 2.79. The van der Waals surface area contributed by atoms with Gasteiger partial charge in [0.15, 0.2) is 0 Å². The number of halogens is 1. The Kier molecular flexibility index (Phi) is 7.74. The lowest BCUT2D eigenvalue weighted by molar-refractivity contribution is -0.136. The summed E-state index contributed by atoms with van der Waals surface area (Å²) in [5.41, 5.74) is 0. The number of carbonyl (C=O) groups excluding carboxylic acids is 1. The van der Waals surface area contributed by atoms with Crippen LogP contribution in [0, 0.1) is 0 Å². The molecule has 1 aromatic heterocycles. The van der Waals surface area contributed by atoms with Gasteiger partial charge >= 0.3 is 0 Å². The van der Waals surface area contributed by atoms with Gasteiger partial charge in [0, 0.05) is 18.5 Å². The van der Waals surface area contributed by atoms with Crippen LogP contribution < -0.4 is 0 Å². The fraction of sp³-hybridized carbons (Fsp3) is 0.462. The SMILES string of the molecule is C=CCN(Cc1ccc(Cl)s1)C(=O)COCCOC. The molecule has 0 atom stereocenters. The summed E-state index contributed by atoms with van der Waals surface area (Å²) in [5, 5.41) is 0. The van der Waals surface area contributed by atoms with Gasteiger partial charge in [0.1, 0.15) is 6.61 Å². The quantitative estimate of drug-likeness (QED) is 0.520. The van der Waals surface area contributed by atoms with E-state index in [0.717, 1.165) is 9.21 Å². The molecule has 1 amide bonds. The lowest BCUT2D eigenvalue weighted by Gasteiger charge is -2.20. The number of nitrogens with zero attached hydrogens (tertiary/aromatic N) is 1. The molecule has 0 aliphatic heterocycles. The number of rotatable bonds is 9. The van der Waals surface area contributed by atoms with Crippen molar-refractivity contribution >= 4 is 28.8 Å². The lowest BCUT2D eigenvalue weighted by Crippen LogP contribution is -2.33. The first kappa shape index (κ1) is 16.2. The summed E-state index contributed by atoms with van der Waals surface area (Å²) in [6, 6.07) is 3.75. The van der Waals surface area contributed by atoms with E-state index in [2.05, 4.69) is 6.58 Å². The number of carbonyl (C=O) groups is 1. The third kappa shape index (κ3) is 6.20. The minimum Gasteiger partial charge on any atom is -0.382 e. The van der Waals surface area contributed by atoms with E-state index in [9.17, 15) is 4.79 Å². The smallest absolute Gasteiger partial charge is 0.249 e. The first-order chi connectivity index (χ1) is 9.17. The zero-order valence-corrected chi connectivity index (χ0v) is 12.5. The largest absolute Gasteiger partial charge is 0.382 e. The van der Waals surface area contributed by atoms with Crippen LogP contribution in [0.5, 0.6) is 0 Å². The highest BCUT2D eigenvalue weighted by molar-refractivity contribution is 7.16. The van der Waals surface area contributed by atoms with Crippen LogP contribution in [0.15, 0.2) is 24.8 Å². The van der Waals surface area contributed by atoms with E-state index in [-0.39, 0.29) is 12.5 Å². The highest BCUT2D eigenvalue weighted by Gasteiger charge is 2.13. The number of amides is 1. The lowest BCUT2D eigenvalue weighted by atomic mass is 10.4. The molecular weight excluding hydrogens is 286 g/mol. The molecule has 0 saturated heterocycles. The molecule has 0 N–H and O–H groups in total. The Hall–Kier alpha value is -0.880. The van der Waals surface area contributed by atoms with Crippen LogP contribution in [0.1, 0.15) is 4.88 Å². The summed E-state index contributed by atoms with van der Waals surface area (Å²) in [4.78, 5) is 14.7. The zero-order chi connectivity index (χ0) is 14.1. The van der Waals surface area contributed by atoms with Crippen LogP contribution in [-0.2, 0) is 20.8 Å². The molecule has 4 nitrogen and oxygen atoms in total. The molecule has 1 rings (SSSR count). The zero-order valence-electron chi connectivity index (χ0n) is 10.9. The average molecular weight is 304 g/mol. The minimum atomic E-state index is -0.0690. The van der Waals surface area contributed by atoms with Crippen molar-refractivity contribution in [2.24, 2.45) is 0 Å². The molecule has 0 aliphatic rings. The van der Waals surface area contributed by atoms with Crippen LogP contribution in [0.25, 0.3) is 0 Å². The molecule has 106 valence electrons. The van der Waals surface area contributed by atoms with Gasteiger partial charge in [0.05, 0.1) is 24.1 Å². The Morgan fingerprint density at radius 2 is 2.32 bits per heavy atom. The maximum Gasteiger partial charge on any atom is 0.249 e. The fourth-order valence-corrected chi connectivity index (χ4v) is 2.53. The predicted octanol–water partition coefficient (Wildman–Crippen LogP) is 2.58. The van der Waals surface area contributed by atoms with Crippen LogP contribution in [0.4, 0.5) is 0 Å². The second kappa shape index (κ2) is 9.09.